The summed E-state index contributed by atoms with van der Waals surface area (Å²) in [6.45, 7) is 2.37. The minimum atomic E-state index is -0.0666. The van der Waals surface area contributed by atoms with E-state index < -0.39 is 0 Å². The molecule has 0 bridgehead atoms. The van der Waals surface area contributed by atoms with Crippen molar-refractivity contribution in [3.63, 3.8) is 0 Å². The largest absolute Gasteiger partial charge is 0.378 e. The molecule has 1 aliphatic rings. The van der Waals surface area contributed by atoms with Crippen molar-refractivity contribution in [3.8, 4) is 0 Å². The van der Waals surface area contributed by atoms with Crippen LogP contribution in [0.15, 0.2) is 42.6 Å². The van der Waals surface area contributed by atoms with Crippen LogP contribution in [0.1, 0.15) is 10.5 Å². The van der Waals surface area contributed by atoms with Gasteiger partial charge >= 0.3 is 0 Å². The number of pyridine rings is 1. The molecule has 2 aromatic rings. The number of halogens is 1. The Kier molecular flexibility index (Phi) is 4.56. The smallest absolute Gasteiger partial charge is 0.272 e. The number of benzene rings is 1. The van der Waals surface area contributed by atoms with Gasteiger partial charge in [-0.1, -0.05) is 11.6 Å². The van der Waals surface area contributed by atoms with Crippen LogP contribution in [-0.4, -0.2) is 42.1 Å². The van der Waals surface area contributed by atoms with E-state index in [1.165, 1.54) is 0 Å². The molecule has 1 aromatic heterocycles. The zero-order chi connectivity index (χ0) is 15.4. The van der Waals surface area contributed by atoms with Crippen LogP contribution in [0.2, 0.25) is 5.02 Å². The van der Waals surface area contributed by atoms with Gasteiger partial charge in [-0.3, -0.25) is 9.78 Å². The fraction of sp³-hybridized carbons (Fsp3) is 0.250. The van der Waals surface area contributed by atoms with Gasteiger partial charge in [0.15, 0.2) is 0 Å². The van der Waals surface area contributed by atoms with Gasteiger partial charge in [0.1, 0.15) is 5.69 Å². The molecule has 0 aliphatic carbocycles. The number of ether oxygens (including phenoxy) is 1. The SMILES string of the molecule is O=C(c1cc(Nc2ccc(Cl)cc2)ccn1)N1CCOCC1. The van der Waals surface area contributed by atoms with Crippen LogP contribution in [0.4, 0.5) is 11.4 Å². The number of rotatable bonds is 3. The van der Waals surface area contributed by atoms with E-state index in [1.54, 1.807) is 17.2 Å². The number of anilines is 2. The fourth-order valence-corrected chi connectivity index (χ4v) is 2.38. The first-order valence-corrected chi connectivity index (χ1v) is 7.46. The summed E-state index contributed by atoms with van der Waals surface area (Å²) in [6, 6.07) is 11.0. The first kappa shape index (κ1) is 14.8. The molecule has 0 unspecified atom stereocenters. The van der Waals surface area contributed by atoms with E-state index in [0.29, 0.717) is 37.0 Å². The number of nitrogens with one attached hydrogen (secondary N) is 1. The van der Waals surface area contributed by atoms with Crippen LogP contribution in [0.5, 0.6) is 0 Å². The van der Waals surface area contributed by atoms with Gasteiger partial charge in [-0.25, -0.2) is 0 Å². The first-order chi connectivity index (χ1) is 10.7. The Morgan fingerprint density at radius 1 is 1.14 bits per heavy atom. The second kappa shape index (κ2) is 6.77. The number of aromatic nitrogens is 1. The molecule has 1 amide bonds. The van der Waals surface area contributed by atoms with Crippen LogP contribution in [0.3, 0.4) is 0 Å². The highest BCUT2D eigenvalue weighted by molar-refractivity contribution is 6.30. The summed E-state index contributed by atoms with van der Waals surface area (Å²) in [7, 11) is 0. The molecule has 22 heavy (non-hydrogen) atoms. The molecule has 1 aromatic carbocycles. The van der Waals surface area contributed by atoms with Gasteiger partial charge in [0, 0.05) is 35.7 Å². The Labute approximate surface area is 133 Å². The summed E-state index contributed by atoms with van der Waals surface area (Å²) in [5.74, 6) is -0.0666. The highest BCUT2D eigenvalue weighted by atomic mass is 35.5. The topological polar surface area (TPSA) is 54.5 Å². The second-order valence-electron chi connectivity index (χ2n) is 4.97. The summed E-state index contributed by atoms with van der Waals surface area (Å²) < 4.78 is 5.26. The standard InChI is InChI=1S/C16H16ClN3O2/c17-12-1-3-13(4-2-12)19-14-5-6-18-15(11-14)16(21)20-7-9-22-10-8-20/h1-6,11H,7-10H2,(H,18,19). The highest BCUT2D eigenvalue weighted by Gasteiger charge is 2.19. The molecule has 1 fully saturated rings. The monoisotopic (exact) mass is 317 g/mol. The lowest BCUT2D eigenvalue weighted by Crippen LogP contribution is -2.41. The molecular formula is C16H16ClN3O2. The summed E-state index contributed by atoms with van der Waals surface area (Å²) in [6.07, 6.45) is 1.63. The van der Waals surface area contributed by atoms with Gasteiger partial charge in [-0.05, 0) is 36.4 Å². The average Bonchev–Trinajstić information content (AvgIpc) is 2.57. The number of carbonyl (C=O) groups is 1. The molecule has 0 atom stereocenters. The van der Waals surface area contributed by atoms with Crippen LogP contribution in [-0.2, 0) is 4.74 Å². The minimum absolute atomic E-state index is 0.0666. The number of nitrogens with zero attached hydrogens (tertiary/aromatic N) is 2. The van der Waals surface area contributed by atoms with Crippen molar-refractivity contribution in [1.82, 2.24) is 9.88 Å². The third kappa shape index (κ3) is 3.55. The van der Waals surface area contributed by atoms with Crippen LogP contribution >= 0.6 is 11.6 Å². The van der Waals surface area contributed by atoms with Crippen molar-refractivity contribution in [2.75, 3.05) is 31.6 Å². The number of amides is 1. The van der Waals surface area contributed by atoms with Gasteiger partial charge in [0.05, 0.1) is 13.2 Å². The van der Waals surface area contributed by atoms with Gasteiger partial charge < -0.3 is 15.0 Å². The van der Waals surface area contributed by atoms with Crippen LogP contribution in [0, 0.1) is 0 Å². The lowest BCUT2D eigenvalue weighted by Gasteiger charge is -2.26. The first-order valence-electron chi connectivity index (χ1n) is 7.08. The summed E-state index contributed by atoms with van der Waals surface area (Å²) >= 11 is 5.87. The van der Waals surface area contributed by atoms with Crippen LogP contribution < -0.4 is 5.32 Å². The lowest BCUT2D eigenvalue weighted by atomic mass is 10.2. The average molecular weight is 318 g/mol. The Hall–Kier alpha value is -2.11. The maximum Gasteiger partial charge on any atom is 0.272 e. The number of carbonyl (C=O) groups excluding carboxylic acids is 1. The Balaban J connectivity index is 1.74. The summed E-state index contributed by atoms with van der Waals surface area (Å²) in [4.78, 5) is 18.4. The van der Waals surface area contributed by atoms with E-state index in [9.17, 15) is 4.79 Å². The van der Waals surface area contributed by atoms with Crippen molar-refractivity contribution in [2.24, 2.45) is 0 Å². The predicted molar refractivity (Wildman–Crippen MR) is 85.7 cm³/mol. The summed E-state index contributed by atoms with van der Waals surface area (Å²) in [5.41, 5.74) is 2.15. The molecule has 5 nitrogen and oxygen atoms in total. The molecule has 2 heterocycles. The van der Waals surface area contributed by atoms with Gasteiger partial charge in [0.25, 0.3) is 5.91 Å². The van der Waals surface area contributed by atoms with E-state index in [1.807, 2.05) is 30.3 Å². The molecule has 0 radical (unpaired) electrons. The zero-order valence-corrected chi connectivity index (χ0v) is 12.7. The van der Waals surface area contributed by atoms with Crippen molar-refractivity contribution in [3.05, 3.63) is 53.3 Å². The summed E-state index contributed by atoms with van der Waals surface area (Å²) in [5, 5.41) is 3.92. The van der Waals surface area contributed by atoms with Crippen molar-refractivity contribution in [2.45, 2.75) is 0 Å². The zero-order valence-electron chi connectivity index (χ0n) is 12.0. The Bertz CT molecular complexity index is 655. The Morgan fingerprint density at radius 3 is 2.59 bits per heavy atom. The third-order valence-corrected chi connectivity index (χ3v) is 3.66. The van der Waals surface area contributed by atoms with E-state index in [2.05, 4.69) is 10.3 Å². The predicted octanol–water partition coefficient (Wildman–Crippen LogP) is 2.95. The molecule has 1 N–H and O–H groups in total. The van der Waals surface area contributed by atoms with E-state index in [4.69, 9.17) is 16.3 Å². The van der Waals surface area contributed by atoms with E-state index in [0.717, 1.165) is 11.4 Å². The number of hydrogen-bond donors (Lipinski definition) is 1. The fourth-order valence-electron chi connectivity index (χ4n) is 2.25. The lowest BCUT2D eigenvalue weighted by molar-refractivity contribution is 0.0299. The van der Waals surface area contributed by atoms with E-state index >= 15 is 0 Å². The molecule has 114 valence electrons. The normalized spacial score (nSPS) is 14.7. The molecule has 6 heteroatoms. The molecule has 0 saturated carbocycles. The third-order valence-electron chi connectivity index (χ3n) is 3.41. The second-order valence-corrected chi connectivity index (χ2v) is 5.40. The molecule has 1 saturated heterocycles. The van der Waals surface area contributed by atoms with Gasteiger partial charge in [0.2, 0.25) is 0 Å². The number of hydrogen-bond acceptors (Lipinski definition) is 4. The maximum atomic E-state index is 12.4. The van der Waals surface area contributed by atoms with Gasteiger partial charge in [-0.15, -0.1) is 0 Å². The minimum Gasteiger partial charge on any atom is -0.378 e. The molecule has 1 aliphatic heterocycles. The number of morpholine rings is 1. The van der Waals surface area contributed by atoms with Crippen molar-refractivity contribution in [1.29, 1.82) is 0 Å². The highest BCUT2D eigenvalue weighted by Crippen LogP contribution is 2.19. The van der Waals surface area contributed by atoms with Crippen LogP contribution in [0.25, 0.3) is 0 Å². The molecule has 3 rings (SSSR count). The van der Waals surface area contributed by atoms with E-state index in [-0.39, 0.29) is 5.91 Å². The Morgan fingerprint density at radius 2 is 1.86 bits per heavy atom. The van der Waals surface area contributed by atoms with Crippen molar-refractivity contribution < 1.29 is 9.53 Å². The van der Waals surface area contributed by atoms with Crippen molar-refractivity contribution >= 4 is 28.9 Å². The molecule has 0 spiro atoms. The quantitative estimate of drug-likeness (QED) is 0.945. The van der Waals surface area contributed by atoms with Gasteiger partial charge in [-0.2, -0.15) is 0 Å². The maximum absolute atomic E-state index is 12.4. The molecular weight excluding hydrogens is 302 g/mol.